The highest BCUT2D eigenvalue weighted by Crippen LogP contribution is 2.40. The molecule has 0 aliphatic carbocycles. The summed E-state index contributed by atoms with van der Waals surface area (Å²) in [5.74, 6) is -0.684. The van der Waals surface area contributed by atoms with Gasteiger partial charge in [0, 0.05) is 42.3 Å². The first-order valence-electron chi connectivity index (χ1n) is 11.9. The SMILES string of the molecule is Cc1ccc(NC(=O)c2ccnc(C(F)(F)F)c2)cc1-n1cc(-c2cncc(N3CC4(COC4)C3)c2)nn1. The van der Waals surface area contributed by atoms with E-state index in [0.29, 0.717) is 17.1 Å². The zero-order valence-corrected chi connectivity index (χ0v) is 20.2. The number of halogens is 3. The van der Waals surface area contributed by atoms with Gasteiger partial charge >= 0.3 is 6.18 Å². The molecule has 3 aromatic heterocycles. The number of nitrogens with one attached hydrogen (secondary N) is 1. The Labute approximate surface area is 215 Å². The summed E-state index contributed by atoms with van der Waals surface area (Å²) in [6.45, 7) is 5.38. The van der Waals surface area contributed by atoms with Gasteiger partial charge in [-0.15, -0.1) is 5.10 Å². The van der Waals surface area contributed by atoms with E-state index in [9.17, 15) is 18.0 Å². The number of anilines is 2. The van der Waals surface area contributed by atoms with Gasteiger partial charge in [0.2, 0.25) is 0 Å². The molecule has 1 amide bonds. The number of hydrogen-bond donors (Lipinski definition) is 1. The summed E-state index contributed by atoms with van der Waals surface area (Å²) in [5, 5.41) is 11.2. The van der Waals surface area contributed by atoms with Gasteiger partial charge in [-0.2, -0.15) is 13.2 Å². The molecule has 2 aliphatic heterocycles. The third kappa shape index (κ3) is 4.47. The highest BCUT2D eigenvalue weighted by atomic mass is 19.4. The van der Waals surface area contributed by atoms with E-state index in [1.165, 1.54) is 6.07 Å². The summed E-state index contributed by atoms with van der Waals surface area (Å²) >= 11 is 0. The molecule has 2 fully saturated rings. The molecular weight excluding hydrogens is 499 g/mol. The zero-order chi connectivity index (χ0) is 26.5. The van der Waals surface area contributed by atoms with Crippen LogP contribution in [0.25, 0.3) is 16.9 Å². The molecule has 2 aliphatic rings. The van der Waals surface area contributed by atoms with Gasteiger partial charge in [0.1, 0.15) is 11.4 Å². The average Bonchev–Trinajstić information content (AvgIpc) is 3.33. The molecule has 4 aromatic rings. The number of nitrogens with zero attached hydrogens (tertiary/aromatic N) is 6. The van der Waals surface area contributed by atoms with Crippen molar-refractivity contribution in [2.24, 2.45) is 5.41 Å². The Bertz CT molecular complexity index is 1520. The smallest absolute Gasteiger partial charge is 0.380 e. The molecule has 2 saturated heterocycles. The normalized spacial score (nSPS) is 16.2. The van der Waals surface area contributed by atoms with Crippen molar-refractivity contribution in [2.45, 2.75) is 13.1 Å². The van der Waals surface area contributed by atoms with Gasteiger partial charge in [0.15, 0.2) is 0 Å². The standard InChI is InChI=1S/C26H22F3N7O2/c1-16-2-3-19(32-24(37)17-4-5-31-23(7-17)26(27,28)29)8-22(16)36-11-21(33-34-36)18-6-20(10-30-9-18)35-12-25(13-35)14-38-15-25/h2-11H,12-15H2,1H3,(H,32,37). The quantitative estimate of drug-likeness (QED) is 0.422. The molecule has 12 heteroatoms. The van der Waals surface area contributed by atoms with E-state index in [0.717, 1.165) is 55.4 Å². The number of benzene rings is 1. The molecule has 0 atom stereocenters. The van der Waals surface area contributed by atoms with Gasteiger partial charge in [-0.05, 0) is 42.8 Å². The molecule has 38 heavy (non-hydrogen) atoms. The van der Waals surface area contributed by atoms with Crippen molar-refractivity contribution in [1.29, 1.82) is 0 Å². The fourth-order valence-corrected chi connectivity index (χ4v) is 4.64. The molecule has 1 N–H and O–H groups in total. The van der Waals surface area contributed by atoms with E-state index in [-0.39, 0.29) is 11.0 Å². The zero-order valence-electron chi connectivity index (χ0n) is 20.2. The Kier molecular flexibility index (Phi) is 5.64. The molecular formula is C26H22F3N7O2. The minimum Gasteiger partial charge on any atom is -0.380 e. The molecule has 1 aromatic carbocycles. The van der Waals surface area contributed by atoms with Gasteiger partial charge in [-0.3, -0.25) is 14.8 Å². The van der Waals surface area contributed by atoms with Gasteiger partial charge in [0.25, 0.3) is 5.91 Å². The number of rotatable bonds is 5. The maximum Gasteiger partial charge on any atom is 0.433 e. The van der Waals surface area contributed by atoms with Crippen LogP contribution in [0.3, 0.4) is 0 Å². The summed E-state index contributed by atoms with van der Waals surface area (Å²) < 4.78 is 45.9. The van der Waals surface area contributed by atoms with Crippen molar-refractivity contribution in [3.05, 3.63) is 78.0 Å². The molecule has 6 rings (SSSR count). The maximum atomic E-state index is 13.0. The summed E-state index contributed by atoms with van der Waals surface area (Å²) in [5.41, 5.74) is 3.39. The van der Waals surface area contributed by atoms with E-state index in [2.05, 4.69) is 30.5 Å². The highest BCUT2D eigenvalue weighted by molar-refractivity contribution is 6.04. The number of ether oxygens (including phenoxy) is 1. The fourth-order valence-electron chi connectivity index (χ4n) is 4.64. The summed E-state index contributed by atoms with van der Waals surface area (Å²) in [6, 6.07) is 9.11. The Morgan fingerprint density at radius 1 is 1.11 bits per heavy atom. The maximum absolute atomic E-state index is 13.0. The van der Waals surface area contributed by atoms with Crippen LogP contribution in [0.15, 0.2) is 61.2 Å². The van der Waals surface area contributed by atoms with Gasteiger partial charge in [0.05, 0.1) is 42.4 Å². The summed E-state index contributed by atoms with van der Waals surface area (Å²) in [7, 11) is 0. The summed E-state index contributed by atoms with van der Waals surface area (Å²) in [4.78, 5) is 22.6. The first kappa shape index (κ1) is 24.0. The Morgan fingerprint density at radius 3 is 2.66 bits per heavy atom. The minimum atomic E-state index is -4.64. The topological polar surface area (TPSA) is 98.1 Å². The van der Waals surface area contributed by atoms with Gasteiger partial charge < -0.3 is 15.0 Å². The number of aryl methyl sites for hydroxylation is 1. The van der Waals surface area contributed by atoms with Crippen molar-refractivity contribution in [3.63, 3.8) is 0 Å². The molecule has 0 bridgehead atoms. The second-order valence-electron chi connectivity index (χ2n) is 9.71. The highest BCUT2D eigenvalue weighted by Gasteiger charge is 2.49. The number of carbonyl (C=O) groups is 1. The predicted octanol–water partition coefficient (Wildman–Crippen LogP) is 4.14. The molecule has 9 nitrogen and oxygen atoms in total. The number of pyridine rings is 2. The van der Waals surface area contributed by atoms with Crippen LogP contribution in [0.4, 0.5) is 24.5 Å². The second kappa shape index (κ2) is 8.91. The van der Waals surface area contributed by atoms with Crippen LogP contribution < -0.4 is 10.2 Å². The van der Waals surface area contributed by atoms with E-state index in [1.807, 2.05) is 19.2 Å². The number of amides is 1. The van der Waals surface area contributed by atoms with Gasteiger partial charge in [-0.1, -0.05) is 11.3 Å². The molecule has 0 saturated carbocycles. The van der Waals surface area contributed by atoms with Crippen LogP contribution in [-0.2, 0) is 10.9 Å². The van der Waals surface area contributed by atoms with Crippen LogP contribution in [0, 0.1) is 12.3 Å². The monoisotopic (exact) mass is 521 g/mol. The number of hydrogen-bond acceptors (Lipinski definition) is 7. The van der Waals surface area contributed by atoms with E-state index < -0.39 is 17.8 Å². The molecule has 0 radical (unpaired) electrons. The van der Waals surface area contributed by atoms with Crippen molar-refractivity contribution in [1.82, 2.24) is 25.0 Å². The van der Waals surface area contributed by atoms with Gasteiger partial charge in [-0.25, -0.2) is 4.68 Å². The molecule has 194 valence electrons. The molecule has 0 unspecified atom stereocenters. The van der Waals surface area contributed by atoms with Crippen molar-refractivity contribution < 1.29 is 22.7 Å². The van der Waals surface area contributed by atoms with Crippen molar-refractivity contribution in [3.8, 4) is 16.9 Å². The Balaban J connectivity index is 1.20. The lowest BCUT2D eigenvalue weighted by atomic mass is 9.78. The Hall–Kier alpha value is -4.32. The summed E-state index contributed by atoms with van der Waals surface area (Å²) in [6.07, 6.45) is 1.64. The number of aromatic nitrogens is 5. The van der Waals surface area contributed by atoms with E-state index in [4.69, 9.17) is 4.74 Å². The third-order valence-corrected chi connectivity index (χ3v) is 6.77. The lowest BCUT2D eigenvalue weighted by molar-refractivity contribution is -0.141. The predicted molar refractivity (Wildman–Crippen MR) is 132 cm³/mol. The van der Waals surface area contributed by atoms with Crippen molar-refractivity contribution >= 4 is 17.3 Å². The minimum absolute atomic E-state index is 0.150. The van der Waals surface area contributed by atoms with Crippen LogP contribution in [0.1, 0.15) is 21.6 Å². The lowest BCUT2D eigenvalue weighted by Crippen LogP contribution is -2.66. The van der Waals surface area contributed by atoms with Crippen LogP contribution >= 0.6 is 0 Å². The first-order chi connectivity index (χ1) is 18.2. The average molecular weight is 522 g/mol. The fraction of sp³-hybridized carbons (Fsp3) is 0.269. The van der Waals surface area contributed by atoms with E-state index in [1.54, 1.807) is 35.3 Å². The van der Waals surface area contributed by atoms with Crippen LogP contribution in [0.5, 0.6) is 0 Å². The van der Waals surface area contributed by atoms with Crippen molar-refractivity contribution in [2.75, 3.05) is 36.5 Å². The van der Waals surface area contributed by atoms with Crippen LogP contribution in [-0.4, -0.2) is 57.2 Å². The number of carbonyl (C=O) groups excluding carboxylic acids is 1. The van der Waals surface area contributed by atoms with E-state index >= 15 is 0 Å². The Morgan fingerprint density at radius 2 is 1.92 bits per heavy atom. The van der Waals surface area contributed by atoms with Crippen LogP contribution in [0.2, 0.25) is 0 Å². The second-order valence-corrected chi connectivity index (χ2v) is 9.71. The molecule has 1 spiro atoms. The lowest BCUT2D eigenvalue weighted by Gasteiger charge is -2.55. The largest absolute Gasteiger partial charge is 0.433 e. The third-order valence-electron chi connectivity index (χ3n) is 6.77. The first-order valence-corrected chi connectivity index (χ1v) is 11.9. The molecule has 5 heterocycles. The number of alkyl halides is 3.